The molecule has 1 amide bonds. The topological polar surface area (TPSA) is 114 Å². The second-order valence-electron chi connectivity index (χ2n) is 5.88. The quantitative estimate of drug-likeness (QED) is 0.698. The van der Waals surface area contributed by atoms with Gasteiger partial charge in [-0.15, -0.1) is 0 Å². The molecule has 0 bridgehead atoms. The van der Waals surface area contributed by atoms with E-state index in [1.165, 1.54) is 0 Å². The van der Waals surface area contributed by atoms with Crippen molar-refractivity contribution in [1.29, 1.82) is 0 Å². The lowest BCUT2D eigenvalue weighted by Crippen LogP contribution is -2.40. The van der Waals surface area contributed by atoms with Crippen molar-refractivity contribution in [3.8, 4) is 23.4 Å². The number of rotatable bonds is 3. The molecule has 0 saturated heterocycles. The van der Waals surface area contributed by atoms with E-state index in [1.807, 2.05) is 18.2 Å². The molecule has 3 aromatic heterocycles. The molecular weight excluding hydrogens is 334 g/mol. The first-order valence-corrected chi connectivity index (χ1v) is 7.69. The molecule has 3 aromatic rings. The van der Waals surface area contributed by atoms with Crippen LogP contribution in [-0.2, 0) is 5.54 Å². The number of pyridine rings is 2. The minimum atomic E-state index is -1.18. The molecular formula is C18H15N5O3. The fourth-order valence-electron chi connectivity index (χ4n) is 2.08. The summed E-state index contributed by atoms with van der Waals surface area (Å²) in [6.45, 7) is 3.25. The van der Waals surface area contributed by atoms with Crippen LogP contribution in [0.5, 0.6) is 0 Å². The Balaban J connectivity index is 1.77. The van der Waals surface area contributed by atoms with Crippen LogP contribution in [0.1, 0.15) is 31.0 Å². The summed E-state index contributed by atoms with van der Waals surface area (Å²) >= 11 is 0. The first-order valence-electron chi connectivity index (χ1n) is 7.69. The Morgan fingerprint density at radius 3 is 2.69 bits per heavy atom. The van der Waals surface area contributed by atoms with E-state index >= 15 is 0 Å². The third kappa shape index (κ3) is 4.02. The fourth-order valence-corrected chi connectivity index (χ4v) is 2.08. The molecule has 0 spiro atoms. The Hall–Kier alpha value is -3.73. The van der Waals surface area contributed by atoms with Gasteiger partial charge in [0.2, 0.25) is 5.82 Å². The van der Waals surface area contributed by atoms with Crippen molar-refractivity contribution in [2.75, 3.05) is 0 Å². The van der Waals surface area contributed by atoms with Crippen LogP contribution in [-0.4, -0.2) is 31.3 Å². The largest absolute Gasteiger partial charge is 0.465 e. The molecule has 3 heterocycles. The number of amides is 1. The van der Waals surface area contributed by atoms with E-state index in [4.69, 9.17) is 9.63 Å². The SMILES string of the molecule is CC(C)(NC(=O)O)c1nc(-c2ccc(C#Cc3ccccn3)cn2)no1. The first kappa shape index (κ1) is 17.1. The van der Waals surface area contributed by atoms with Crippen LogP contribution in [0.2, 0.25) is 0 Å². The van der Waals surface area contributed by atoms with Crippen molar-refractivity contribution >= 4 is 6.09 Å². The molecule has 8 nitrogen and oxygen atoms in total. The average Bonchev–Trinajstić information content (AvgIpc) is 3.11. The van der Waals surface area contributed by atoms with Gasteiger partial charge in [0, 0.05) is 18.0 Å². The Bertz CT molecular complexity index is 969. The van der Waals surface area contributed by atoms with Crippen molar-refractivity contribution in [2.24, 2.45) is 0 Å². The Kier molecular flexibility index (Phi) is 4.62. The minimum absolute atomic E-state index is 0.149. The Morgan fingerprint density at radius 1 is 1.19 bits per heavy atom. The third-order valence-electron chi connectivity index (χ3n) is 3.37. The van der Waals surface area contributed by atoms with Crippen LogP contribution < -0.4 is 5.32 Å². The summed E-state index contributed by atoms with van der Waals surface area (Å²) in [5.41, 5.74) is 0.878. The van der Waals surface area contributed by atoms with E-state index in [1.54, 1.807) is 38.4 Å². The summed E-state index contributed by atoms with van der Waals surface area (Å²) in [4.78, 5) is 23.5. The lowest BCUT2D eigenvalue weighted by molar-refractivity contribution is 0.173. The number of nitrogens with zero attached hydrogens (tertiary/aromatic N) is 4. The normalized spacial score (nSPS) is 10.7. The van der Waals surface area contributed by atoms with Crippen molar-refractivity contribution in [2.45, 2.75) is 19.4 Å². The van der Waals surface area contributed by atoms with E-state index in [-0.39, 0.29) is 11.7 Å². The van der Waals surface area contributed by atoms with Crippen molar-refractivity contribution < 1.29 is 14.4 Å². The lowest BCUT2D eigenvalue weighted by atomic mass is 10.1. The summed E-state index contributed by atoms with van der Waals surface area (Å²) in [6.07, 6.45) is 2.10. The molecule has 26 heavy (non-hydrogen) atoms. The molecule has 0 aliphatic heterocycles. The van der Waals surface area contributed by atoms with E-state index in [0.29, 0.717) is 11.4 Å². The second kappa shape index (κ2) is 7.03. The fraction of sp³-hybridized carbons (Fsp3) is 0.167. The molecule has 0 unspecified atom stereocenters. The lowest BCUT2D eigenvalue weighted by Gasteiger charge is -2.18. The first-order chi connectivity index (χ1) is 12.4. The number of hydrogen-bond acceptors (Lipinski definition) is 6. The predicted octanol–water partition coefficient (Wildman–Crippen LogP) is 2.43. The van der Waals surface area contributed by atoms with Crippen LogP contribution in [0, 0.1) is 11.8 Å². The highest BCUT2D eigenvalue weighted by molar-refractivity contribution is 5.65. The molecule has 3 rings (SSSR count). The standard InChI is InChI=1S/C18H15N5O3/c1-18(2,22-17(24)25)16-21-15(23-26-16)14-9-7-12(11-20-14)6-8-13-5-3-4-10-19-13/h3-5,7,9-11,22H,1-2H3,(H,24,25). The smallest absolute Gasteiger partial charge is 0.405 e. The molecule has 2 N–H and O–H groups in total. The maximum absolute atomic E-state index is 10.8. The van der Waals surface area contributed by atoms with Crippen molar-refractivity contribution in [1.82, 2.24) is 25.4 Å². The monoisotopic (exact) mass is 349 g/mol. The van der Waals surface area contributed by atoms with E-state index in [2.05, 4.69) is 37.3 Å². The van der Waals surface area contributed by atoms with Crippen LogP contribution >= 0.6 is 0 Å². The van der Waals surface area contributed by atoms with Gasteiger partial charge in [-0.3, -0.25) is 4.98 Å². The maximum Gasteiger partial charge on any atom is 0.405 e. The maximum atomic E-state index is 10.8. The molecule has 130 valence electrons. The molecule has 0 aliphatic carbocycles. The van der Waals surface area contributed by atoms with Crippen molar-refractivity contribution in [3.05, 3.63) is 59.9 Å². The van der Waals surface area contributed by atoms with Crippen molar-refractivity contribution in [3.63, 3.8) is 0 Å². The molecule has 0 radical (unpaired) electrons. The van der Waals surface area contributed by atoms with Crippen LogP contribution in [0.4, 0.5) is 4.79 Å². The minimum Gasteiger partial charge on any atom is -0.465 e. The summed E-state index contributed by atoms with van der Waals surface area (Å²) in [7, 11) is 0. The van der Waals surface area contributed by atoms with Gasteiger partial charge < -0.3 is 14.9 Å². The van der Waals surface area contributed by atoms with Gasteiger partial charge in [-0.2, -0.15) is 4.98 Å². The zero-order valence-electron chi connectivity index (χ0n) is 14.1. The molecule has 0 fully saturated rings. The zero-order valence-corrected chi connectivity index (χ0v) is 14.1. The Labute approximate surface area is 149 Å². The molecule has 0 aromatic carbocycles. The summed E-state index contributed by atoms with van der Waals surface area (Å²) in [6, 6.07) is 9.02. The molecule has 8 heteroatoms. The van der Waals surface area contributed by atoms with Gasteiger partial charge in [-0.1, -0.05) is 17.1 Å². The second-order valence-corrected chi connectivity index (χ2v) is 5.88. The van der Waals surface area contributed by atoms with Crippen LogP contribution in [0.15, 0.2) is 47.2 Å². The number of aromatic nitrogens is 4. The molecule has 0 atom stereocenters. The van der Waals surface area contributed by atoms with E-state index in [9.17, 15) is 4.79 Å². The number of carboxylic acid groups (broad SMARTS) is 1. The third-order valence-corrected chi connectivity index (χ3v) is 3.37. The van der Waals surface area contributed by atoms with E-state index in [0.717, 1.165) is 5.56 Å². The van der Waals surface area contributed by atoms with Gasteiger partial charge in [0.1, 0.15) is 16.9 Å². The number of hydrogen-bond donors (Lipinski definition) is 2. The van der Waals surface area contributed by atoms with Gasteiger partial charge in [0.05, 0.1) is 0 Å². The number of nitrogens with one attached hydrogen (secondary N) is 1. The average molecular weight is 349 g/mol. The van der Waals surface area contributed by atoms with E-state index < -0.39 is 11.6 Å². The summed E-state index contributed by atoms with van der Waals surface area (Å²) in [5, 5.41) is 15.0. The zero-order chi connectivity index (χ0) is 18.6. The summed E-state index contributed by atoms with van der Waals surface area (Å²) in [5.74, 6) is 6.34. The predicted molar refractivity (Wildman–Crippen MR) is 91.9 cm³/mol. The highest BCUT2D eigenvalue weighted by Crippen LogP contribution is 2.21. The highest BCUT2D eigenvalue weighted by atomic mass is 16.5. The van der Waals surface area contributed by atoms with Gasteiger partial charge in [-0.25, -0.2) is 9.78 Å². The molecule has 0 aliphatic rings. The molecule has 0 saturated carbocycles. The van der Waals surface area contributed by atoms with Gasteiger partial charge in [0.15, 0.2) is 0 Å². The van der Waals surface area contributed by atoms with Gasteiger partial charge in [-0.05, 0) is 44.0 Å². The number of carbonyl (C=O) groups is 1. The van der Waals surface area contributed by atoms with Crippen LogP contribution in [0.25, 0.3) is 11.5 Å². The van der Waals surface area contributed by atoms with Gasteiger partial charge >= 0.3 is 6.09 Å². The highest BCUT2D eigenvalue weighted by Gasteiger charge is 2.29. The Morgan fingerprint density at radius 2 is 2.04 bits per heavy atom. The van der Waals surface area contributed by atoms with Gasteiger partial charge in [0.25, 0.3) is 5.89 Å². The summed E-state index contributed by atoms with van der Waals surface area (Å²) < 4.78 is 5.16. The van der Waals surface area contributed by atoms with Crippen LogP contribution in [0.3, 0.4) is 0 Å².